The van der Waals surface area contributed by atoms with Gasteiger partial charge in [0, 0.05) is 6.92 Å². The van der Waals surface area contributed by atoms with Crippen molar-refractivity contribution in [2.75, 3.05) is 11.0 Å². The van der Waals surface area contributed by atoms with Gasteiger partial charge in [-0.1, -0.05) is 34.4 Å². The van der Waals surface area contributed by atoms with Gasteiger partial charge in [0.05, 0.1) is 4.43 Å². The van der Waals surface area contributed by atoms with E-state index in [4.69, 9.17) is 0 Å². The van der Waals surface area contributed by atoms with Gasteiger partial charge in [-0.25, -0.2) is 0 Å². The number of esters is 1. The van der Waals surface area contributed by atoms with Crippen molar-refractivity contribution in [2.45, 2.75) is 6.92 Å². The van der Waals surface area contributed by atoms with E-state index in [-0.39, 0.29) is 12.6 Å². The maximum Gasteiger partial charge on any atom is 0.303 e. The van der Waals surface area contributed by atoms with Crippen LogP contribution >= 0.6 is 22.6 Å². The minimum Gasteiger partial charge on any atom is -0.453 e. The van der Waals surface area contributed by atoms with Gasteiger partial charge in [0.2, 0.25) is 0 Å². The molecule has 0 aliphatic carbocycles. The summed E-state index contributed by atoms with van der Waals surface area (Å²) >= 11 is 2.13. The molecule has 0 amide bonds. The van der Waals surface area contributed by atoms with Crippen molar-refractivity contribution < 1.29 is 9.53 Å². The lowest BCUT2D eigenvalue weighted by Crippen LogP contribution is -1.97. The Kier molecular flexibility index (Phi) is 5.73. The number of hydrogen-bond donors (Lipinski definition) is 0. The van der Waals surface area contributed by atoms with E-state index >= 15 is 0 Å². The van der Waals surface area contributed by atoms with Crippen LogP contribution in [0.1, 0.15) is 6.92 Å². The van der Waals surface area contributed by atoms with Gasteiger partial charge in [-0.15, -0.1) is 0 Å². The number of carbonyl (C=O) groups excluding carboxylic acids is 1. The predicted molar refractivity (Wildman–Crippen MR) is 43.3 cm³/mol. The Labute approximate surface area is 68.1 Å². The number of alkyl halides is 1. The Balaban J connectivity index is 3.19. The second-order valence-electron chi connectivity index (χ2n) is 1.27. The average molecular weight is 238 g/mol. The molecule has 0 bridgehead atoms. The molecule has 50 valence electrons. The highest BCUT2D eigenvalue weighted by Gasteiger charge is 1.84. The molecular formula is C6H7IO2. The molecule has 0 aromatic heterocycles. The summed E-state index contributed by atoms with van der Waals surface area (Å²) < 4.78 is 5.30. The van der Waals surface area contributed by atoms with Crippen LogP contribution in [-0.4, -0.2) is 17.0 Å². The third-order valence-electron chi connectivity index (χ3n) is 0.539. The second-order valence-corrected chi connectivity index (χ2v) is 2.03. The molecule has 0 fully saturated rings. The maximum atomic E-state index is 10.1. The van der Waals surface area contributed by atoms with Crippen LogP contribution < -0.4 is 0 Å². The van der Waals surface area contributed by atoms with Gasteiger partial charge in [0.1, 0.15) is 0 Å². The van der Waals surface area contributed by atoms with E-state index in [2.05, 4.69) is 39.2 Å². The van der Waals surface area contributed by atoms with Crippen LogP contribution in [0.5, 0.6) is 0 Å². The molecule has 0 atom stereocenters. The first-order valence-electron chi connectivity index (χ1n) is 2.42. The normalized spacial score (nSPS) is 7.33. The zero-order chi connectivity index (χ0) is 7.11. The number of rotatable bonds is 1. The average Bonchev–Trinajstić information content (AvgIpc) is 1.80. The summed E-state index contributed by atoms with van der Waals surface area (Å²) in [5, 5.41) is 0. The highest BCUT2D eigenvalue weighted by molar-refractivity contribution is 14.1. The molecule has 0 N–H and O–H groups in total. The van der Waals surface area contributed by atoms with E-state index in [0.29, 0.717) is 0 Å². The molecule has 0 aromatic rings. The fourth-order valence-corrected chi connectivity index (χ4v) is 0.506. The van der Waals surface area contributed by atoms with E-state index < -0.39 is 0 Å². The number of ether oxygens (including phenoxy) is 1. The molecule has 0 aliphatic rings. The number of hydrogen-bond acceptors (Lipinski definition) is 2. The van der Waals surface area contributed by atoms with Gasteiger partial charge < -0.3 is 4.74 Å². The van der Waals surface area contributed by atoms with Gasteiger partial charge >= 0.3 is 5.97 Å². The van der Waals surface area contributed by atoms with Gasteiger partial charge in [0.15, 0.2) is 6.61 Å². The quantitative estimate of drug-likeness (QED) is 0.294. The molecule has 3 heteroatoms. The van der Waals surface area contributed by atoms with Crippen molar-refractivity contribution in [2.24, 2.45) is 0 Å². The minimum absolute atomic E-state index is 0.221. The summed E-state index contributed by atoms with van der Waals surface area (Å²) in [5.74, 6) is 5.15. The van der Waals surface area contributed by atoms with Gasteiger partial charge in [-0.2, -0.15) is 0 Å². The Morgan fingerprint density at radius 1 is 1.67 bits per heavy atom. The zero-order valence-corrected chi connectivity index (χ0v) is 7.27. The van der Waals surface area contributed by atoms with E-state index in [1.54, 1.807) is 0 Å². The molecule has 0 aromatic carbocycles. The molecule has 0 radical (unpaired) electrons. The molecule has 0 saturated heterocycles. The number of carbonyl (C=O) groups is 1. The molecule has 0 unspecified atom stereocenters. The van der Waals surface area contributed by atoms with Crippen LogP contribution in [0.3, 0.4) is 0 Å². The van der Waals surface area contributed by atoms with Gasteiger partial charge in [-0.3, -0.25) is 4.79 Å². The zero-order valence-electron chi connectivity index (χ0n) is 5.11. The van der Waals surface area contributed by atoms with Crippen molar-refractivity contribution in [3.05, 3.63) is 0 Å². The Morgan fingerprint density at radius 2 is 2.33 bits per heavy atom. The van der Waals surface area contributed by atoms with Crippen LogP contribution in [0.2, 0.25) is 0 Å². The summed E-state index contributed by atoms with van der Waals surface area (Å²) in [6, 6.07) is 0. The highest BCUT2D eigenvalue weighted by Crippen LogP contribution is 1.76. The summed E-state index contributed by atoms with van der Waals surface area (Å²) in [6.45, 7) is 1.59. The van der Waals surface area contributed by atoms with Crippen LogP contribution in [0, 0.1) is 11.8 Å². The van der Waals surface area contributed by atoms with Crippen molar-refractivity contribution in [3.63, 3.8) is 0 Å². The SMILES string of the molecule is CC(=O)OCC#CCI. The van der Waals surface area contributed by atoms with Crippen molar-refractivity contribution in [1.82, 2.24) is 0 Å². The Morgan fingerprint density at radius 3 is 2.78 bits per heavy atom. The van der Waals surface area contributed by atoms with Gasteiger partial charge in [0.25, 0.3) is 0 Å². The summed E-state index contributed by atoms with van der Waals surface area (Å²) in [7, 11) is 0. The topological polar surface area (TPSA) is 26.3 Å². The first-order chi connectivity index (χ1) is 4.27. The first-order valence-corrected chi connectivity index (χ1v) is 3.95. The summed E-state index contributed by atoms with van der Waals surface area (Å²) in [5.41, 5.74) is 0. The van der Waals surface area contributed by atoms with E-state index in [1.165, 1.54) is 6.92 Å². The molecule has 2 nitrogen and oxygen atoms in total. The lowest BCUT2D eigenvalue weighted by molar-refractivity contribution is -0.139. The van der Waals surface area contributed by atoms with Crippen LogP contribution in [0.4, 0.5) is 0 Å². The van der Waals surface area contributed by atoms with Crippen LogP contribution in [-0.2, 0) is 9.53 Å². The first kappa shape index (κ1) is 8.76. The van der Waals surface area contributed by atoms with E-state index in [9.17, 15) is 4.79 Å². The molecule has 0 aliphatic heterocycles. The standard InChI is InChI=1S/C6H7IO2/c1-6(8)9-5-3-2-4-7/h4-5H2,1H3. The van der Waals surface area contributed by atoms with Crippen LogP contribution in [0.25, 0.3) is 0 Å². The van der Waals surface area contributed by atoms with E-state index in [1.807, 2.05) is 0 Å². The fraction of sp³-hybridized carbons (Fsp3) is 0.500. The lowest BCUT2D eigenvalue weighted by Gasteiger charge is -1.90. The molecule has 0 saturated carbocycles. The molecule has 0 rings (SSSR count). The van der Waals surface area contributed by atoms with Crippen molar-refractivity contribution >= 4 is 28.6 Å². The highest BCUT2D eigenvalue weighted by atomic mass is 127. The largest absolute Gasteiger partial charge is 0.453 e. The van der Waals surface area contributed by atoms with Gasteiger partial charge in [-0.05, 0) is 0 Å². The van der Waals surface area contributed by atoms with E-state index in [0.717, 1.165) is 4.43 Å². The molecule has 9 heavy (non-hydrogen) atoms. The Bertz CT molecular complexity index is 143. The third kappa shape index (κ3) is 7.76. The second kappa shape index (κ2) is 5.89. The monoisotopic (exact) mass is 238 g/mol. The maximum absolute atomic E-state index is 10.1. The van der Waals surface area contributed by atoms with Crippen molar-refractivity contribution in [1.29, 1.82) is 0 Å². The van der Waals surface area contributed by atoms with Crippen molar-refractivity contribution in [3.8, 4) is 11.8 Å². The molecule has 0 spiro atoms. The molecule has 0 heterocycles. The van der Waals surface area contributed by atoms with Crippen LogP contribution in [0.15, 0.2) is 0 Å². The third-order valence-corrected chi connectivity index (χ3v) is 0.921. The smallest absolute Gasteiger partial charge is 0.303 e. The summed E-state index contributed by atoms with van der Waals surface area (Å²) in [6.07, 6.45) is 0. The number of halogens is 1. The predicted octanol–water partition coefficient (Wildman–Crippen LogP) is 0.988. The summed E-state index contributed by atoms with van der Waals surface area (Å²) in [4.78, 5) is 10.1. The Hall–Kier alpha value is -0.240. The fourth-order valence-electron chi connectivity index (χ4n) is 0.236. The minimum atomic E-state index is -0.280. The molecular weight excluding hydrogens is 231 g/mol. The lowest BCUT2D eigenvalue weighted by atomic mass is 10.6.